The van der Waals surface area contributed by atoms with E-state index in [0.717, 1.165) is 42.9 Å². The molecule has 0 fully saturated rings. The molecule has 2 N–H and O–H groups in total. The van der Waals surface area contributed by atoms with Crippen LogP contribution in [0.1, 0.15) is 49.4 Å². The zero-order valence-corrected chi connectivity index (χ0v) is 16.8. The van der Waals surface area contributed by atoms with E-state index in [9.17, 15) is 8.42 Å². The van der Waals surface area contributed by atoms with Crippen LogP contribution in [0.15, 0.2) is 41.3 Å². The van der Waals surface area contributed by atoms with Gasteiger partial charge in [-0.3, -0.25) is 0 Å². The van der Waals surface area contributed by atoms with Crippen LogP contribution in [0, 0.1) is 6.42 Å². The van der Waals surface area contributed by atoms with Crippen molar-refractivity contribution in [2.75, 3.05) is 18.4 Å². The lowest BCUT2D eigenvalue weighted by Crippen LogP contribution is -2.26. The van der Waals surface area contributed by atoms with E-state index in [1.807, 2.05) is 25.1 Å². The average molecular weight is 387 g/mol. The van der Waals surface area contributed by atoms with Crippen molar-refractivity contribution in [1.29, 1.82) is 0 Å². The van der Waals surface area contributed by atoms with Crippen LogP contribution in [-0.2, 0) is 22.9 Å². The van der Waals surface area contributed by atoms with E-state index >= 15 is 0 Å². The molecule has 2 heterocycles. The molecule has 6 heteroatoms. The Bertz CT molecular complexity index is 859. The summed E-state index contributed by atoms with van der Waals surface area (Å²) in [5.41, 5.74) is 3.27. The molecule has 5 nitrogen and oxygen atoms in total. The first-order valence-electron chi connectivity index (χ1n) is 9.65. The Morgan fingerprint density at radius 1 is 1.22 bits per heavy atom. The molecule has 0 bridgehead atoms. The van der Waals surface area contributed by atoms with Gasteiger partial charge in [0, 0.05) is 25.2 Å². The lowest BCUT2D eigenvalue weighted by molar-refractivity contribution is 0.581. The maximum absolute atomic E-state index is 12.5. The highest BCUT2D eigenvalue weighted by atomic mass is 32.2. The molecule has 0 saturated heterocycles. The van der Waals surface area contributed by atoms with Crippen molar-refractivity contribution in [1.82, 2.24) is 9.71 Å². The van der Waals surface area contributed by atoms with Crippen LogP contribution >= 0.6 is 0 Å². The monoisotopic (exact) mass is 386 g/mol. The van der Waals surface area contributed by atoms with Gasteiger partial charge in [-0.2, -0.15) is 0 Å². The van der Waals surface area contributed by atoms with Gasteiger partial charge in [0.05, 0.1) is 18.2 Å². The van der Waals surface area contributed by atoms with Crippen LogP contribution in [0.2, 0.25) is 0 Å². The quantitative estimate of drug-likeness (QED) is 0.679. The van der Waals surface area contributed by atoms with Crippen molar-refractivity contribution in [3.63, 3.8) is 0 Å². The number of aryl methyl sites for hydroxylation is 1. The minimum atomic E-state index is -3.51. The van der Waals surface area contributed by atoms with Gasteiger partial charge in [-0.25, -0.2) is 18.1 Å². The van der Waals surface area contributed by atoms with Crippen molar-refractivity contribution in [3.8, 4) is 0 Å². The second-order valence-electron chi connectivity index (χ2n) is 6.91. The van der Waals surface area contributed by atoms with Crippen LogP contribution in [0.5, 0.6) is 0 Å². The highest BCUT2D eigenvalue weighted by Gasteiger charge is 2.18. The molecule has 1 aromatic carbocycles. The summed E-state index contributed by atoms with van der Waals surface area (Å²) < 4.78 is 27.7. The summed E-state index contributed by atoms with van der Waals surface area (Å²) in [5.74, 6) is 1.30. The summed E-state index contributed by atoms with van der Waals surface area (Å²) in [5, 5.41) is 3.31. The van der Waals surface area contributed by atoms with E-state index in [-0.39, 0.29) is 0 Å². The molecule has 144 valence electrons. The first kappa shape index (κ1) is 19.7. The third-order valence-electron chi connectivity index (χ3n) is 5.09. The summed E-state index contributed by atoms with van der Waals surface area (Å²) in [6, 6.07) is 11.3. The van der Waals surface area contributed by atoms with Crippen molar-refractivity contribution in [2.45, 2.75) is 50.3 Å². The number of fused-ring (bicyclic) bond motifs is 1. The molecule has 1 aliphatic rings. The molecular formula is C21H28N3O2S+. The number of anilines is 1. The van der Waals surface area contributed by atoms with Gasteiger partial charge in [0.1, 0.15) is 11.7 Å². The lowest BCUT2D eigenvalue weighted by Gasteiger charge is -2.17. The SMILES string of the molecule is C[CH+]C(CC)c1ccc(S(=O)(=O)NCCc2ccc3c(n2)NCCC3)cc1. The summed E-state index contributed by atoms with van der Waals surface area (Å²) in [7, 11) is -3.51. The lowest BCUT2D eigenvalue weighted by atomic mass is 9.94. The third kappa shape index (κ3) is 4.82. The van der Waals surface area contributed by atoms with Gasteiger partial charge in [-0.1, -0.05) is 25.1 Å². The molecule has 0 saturated carbocycles. The molecule has 0 radical (unpaired) electrons. The minimum Gasteiger partial charge on any atom is -0.370 e. The second-order valence-corrected chi connectivity index (χ2v) is 8.67. The van der Waals surface area contributed by atoms with Crippen LogP contribution < -0.4 is 10.0 Å². The van der Waals surface area contributed by atoms with Crippen molar-refractivity contribution in [2.24, 2.45) is 0 Å². The Hall–Kier alpha value is -2.05. The smallest absolute Gasteiger partial charge is 0.240 e. The Morgan fingerprint density at radius 2 is 2.00 bits per heavy atom. The number of aromatic nitrogens is 1. The molecule has 2 aromatic rings. The highest BCUT2D eigenvalue weighted by molar-refractivity contribution is 7.89. The number of hydrogen-bond acceptors (Lipinski definition) is 4. The van der Waals surface area contributed by atoms with Crippen molar-refractivity contribution in [3.05, 3.63) is 59.6 Å². The molecule has 3 rings (SSSR count). The Kier molecular flexibility index (Phi) is 6.39. The van der Waals surface area contributed by atoms with E-state index in [0.29, 0.717) is 23.8 Å². The van der Waals surface area contributed by atoms with Gasteiger partial charge in [0.25, 0.3) is 0 Å². The number of nitrogens with one attached hydrogen (secondary N) is 2. The van der Waals surface area contributed by atoms with Gasteiger partial charge in [-0.15, -0.1) is 0 Å². The minimum absolute atomic E-state index is 0.303. The fourth-order valence-electron chi connectivity index (χ4n) is 3.46. The zero-order chi connectivity index (χ0) is 19.3. The van der Waals surface area contributed by atoms with Gasteiger partial charge in [-0.05, 0) is 48.6 Å². The van der Waals surface area contributed by atoms with Crippen molar-refractivity contribution < 1.29 is 8.42 Å². The summed E-state index contributed by atoms with van der Waals surface area (Å²) in [6.45, 7) is 5.43. The average Bonchev–Trinajstić information content (AvgIpc) is 2.69. The van der Waals surface area contributed by atoms with E-state index < -0.39 is 10.0 Å². The number of rotatable bonds is 8. The zero-order valence-electron chi connectivity index (χ0n) is 16.0. The fraction of sp³-hybridized carbons (Fsp3) is 0.429. The summed E-state index contributed by atoms with van der Waals surface area (Å²) in [4.78, 5) is 4.91. The summed E-state index contributed by atoms with van der Waals surface area (Å²) >= 11 is 0. The number of pyridine rings is 1. The standard InChI is InChI=1S/C21H28N3O2S/c1-3-16(4-2)17-8-11-20(12-9-17)27(25,26)23-15-13-19-10-7-18-6-5-14-22-21(18)24-19/h3,7-12,16,23H,4-6,13-15H2,1-2H3,(H,22,24)/q+1. The van der Waals surface area contributed by atoms with Gasteiger partial charge in [0.2, 0.25) is 10.0 Å². The molecule has 1 aromatic heterocycles. The van der Waals surface area contributed by atoms with Gasteiger partial charge >= 0.3 is 0 Å². The number of sulfonamides is 1. The van der Waals surface area contributed by atoms with E-state index in [4.69, 9.17) is 0 Å². The Labute approximate surface area is 162 Å². The molecule has 0 spiro atoms. The number of hydrogen-bond donors (Lipinski definition) is 2. The largest absolute Gasteiger partial charge is 0.370 e. The topological polar surface area (TPSA) is 71.1 Å². The molecule has 1 aliphatic heterocycles. The Balaban J connectivity index is 1.60. The maximum Gasteiger partial charge on any atom is 0.240 e. The Morgan fingerprint density at radius 3 is 2.70 bits per heavy atom. The van der Waals surface area contributed by atoms with Crippen LogP contribution in [-0.4, -0.2) is 26.5 Å². The highest BCUT2D eigenvalue weighted by Crippen LogP contribution is 2.23. The first-order chi connectivity index (χ1) is 13.0. The van der Waals surface area contributed by atoms with E-state index in [2.05, 4.69) is 34.4 Å². The summed E-state index contributed by atoms with van der Waals surface area (Å²) in [6.07, 6.45) is 5.88. The number of nitrogens with zero attached hydrogens (tertiary/aromatic N) is 1. The van der Waals surface area contributed by atoms with E-state index in [1.54, 1.807) is 12.1 Å². The van der Waals surface area contributed by atoms with Crippen molar-refractivity contribution >= 4 is 15.8 Å². The molecular weight excluding hydrogens is 358 g/mol. The number of benzene rings is 1. The molecule has 1 unspecified atom stereocenters. The molecule has 0 aliphatic carbocycles. The van der Waals surface area contributed by atoms with Crippen LogP contribution in [0.3, 0.4) is 0 Å². The van der Waals surface area contributed by atoms with Gasteiger partial charge < -0.3 is 5.32 Å². The second kappa shape index (κ2) is 8.76. The predicted octanol–water partition coefficient (Wildman–Crippen LogP) is 3.68. The predicted molar refractivity (Wildman–Crippen MR) is 109 cm³/mol. The maximum atomic E-state index is 12.5. The van der Waals surface area contributed by atoms with Gasteiger partial charge in [0.15, 0.2) is 0 Å². The fourth-order valence-corrected chi connectivity index (χ4v) is 4.49. The van der Waals surface area contributed by atoms with Crippen LogP contribution in [0.25, 0.3) is 0 Å². The molecule has 0 amide bonds. The normalized spacial score (nSPS) is 14.9. The molecule has 1 atom stereocenters. The van der Waals surface area contributed by atoms with E-state index in [1.165, 1.54) is 5.56 Å². The van der Waals surface area contributed by atoms with Crippen LogP contribution in [0.4, 0.5) is 5.82 Å². The first-order valence-corrected chi connectivity index (χ1v) is 11.1. The third-order valence-corrected chi connectivity index (χ3v) is 6.56. The molecule has 27 heavy (non-hydrogen) atoms.